The zero-order chi connectivity index (χ0) is 25.5. The van der Waals surface area contributed by atoms with Gasteiger partial charge in [0.1, 0.15) is 28.8 Å². The number of esters is 1. The number of hydrogen-bond acceptors (Lipinski definition) is 9. The zero-order valence-corrected chi connectivity index (χ0v) is 23.9. The first-order valence-electron chi connectivity index (χ1n) is 11.9. The van der Waals surface area contributed by atoms with Crippen molar-refractivity contribution in [1.82, 2.24) is 15.1 Å². The number of carbonyl (C=O) groups excluding carboxylic acids is 1. The normalized spacial score (nSPS) is 18.4. The molecule has 0 amide bonds. The van der Waals surface area contributed by atoms with Crippen LogP contribution >= 0.6 is 0 Å². The fourth-order valence-corrected chi connectivity index (χ4v) is 4.52. The van der Waals surface area contributed by atoms with Crippen LogP contribution in [-0.4, -0.2) is 65.6 Å². The van der Waals surface area contributed by atoms with Gasteiger partial charge in [-0.1, -0.05) is 13.3 Å². The Kier molecular flexibility index (Phi) is 9.57. The smallest absolute Gasteiger partial charge is 0.309 e. The number of phenolic OH excluding ortho intramolecular Hbond substituents is 1. The molecule has 2 N–H and O–H groups in total. The number of aromatic hydroxyl groups is 1. The molecule has 2 aromatic rings. The number of aromatic nitrogens is 2. The van der Waals surface area contributed by atoms with Crippen molar-refractivity contribution in [2.75, 3.05) is 38.7 Å². The van der Waals surface area contributed by atoms with E-state index in [1.54, 1.807) is 19.1 Å². The van der Waals surface area contributed by atoms with E-state index in [1.807, 2.05) is 20.8 Å². The minimum atomic E-state index is -0.223. The average Bonchev–Trinajstić information content (AvgIpc) is 2.84. The Balaban J connectivity index is 0.00000456. The maximum absolute atomic E-state index is 12.1. The van der Waals surface area contributed by atoms with E-state index < -0.39 is 0 Å². The molecule has 1 aromatic carbocycles. The average molecular weight is 733 g/mol. The summed E-state index contributed by atoms with van der Waals surface area (Å²) in [5.74, 6) is 0.876. The molecule has 1 saturated heterocycles. The second-order valence-electron chi connectivity index (χ2n) is 8.93. The maximum Gasteiger partial charge on any atom is 0.309 e. The Morgan fingerprint density at radius 1 is 1.39 bits per heavy atom. The van der Waals surface area contributed by atoms with Crippen LogP contribution in [0.3, 0.4) is 0 Å². The standard InChI is InChI=1S/C26H34N5O4.Es/c1-6-18-10-19(15-31(14-18)13-16(3)26(33)35-7-2)28-25-22(12-27)17(4)24(29-30-25)21-9-8-20(34-5)11-23(21)32;/h6,8-9,11,16,18-19,32H,7,10,13-15H2,1-5H3,(H,28,30);/q-1;/t16?,18?,19-;/m1./s1. The van der Waals surface area contributed by atoms with Crippen LogP contribution < -0.4 is 10.1 Å². The van der Waals surface area contributed by atoms with Crippen molar-refractivity contribution in [2.45, 2.75) is 40.2 Å². The molecule has 1 aromatic heterocycles. The van der Waals surface area contributed by atoms with Crippen LogP contribution in [0.25, 0.3) is 11.3 Å². The molecule has 199 valence electrons. The van der Waals surface area contributed by atoms with Crippen molar-refractivity contribution in [3.63, 3.8) is 0 Å². The number of benzene rings is 1. The topological polar surface area (TPSA) is 121 Å². The van der Waals surface area contributed by atoms with Crippen molar-refractivity contribution < 1.29 is 19.4 Å². The van der Waals surface area contributed by atoms with Crippen LogP contribution in [0.1, 0.15) is 38.3 Å². The second kappa shape index (κ2) is 12.4. The summed E-state index contributed by atoms with van der Waals surface area (Å²) in [5.41, 5.74) is 1.95. The molecule has 3 rings (SSSR count). The molecule has 1 radical (unpaired) electrons. The minimum Gasteiger partial charge on any atom is -0.507 e. The summed E-state index contributed by atoms with van der Waals surface area (Å²) >= 11 is 0. The van der Waals surface area contributed by atoms with Gasteiger partial charge in [0, 0.05) is 30.8 Å². The molecular formula is C26H34EsN5O4-. The molecule has 36 heavy (non-hydrogen) atoms. The van der Waals surface area contributed by atoms with Crippen LogP contribution in [0.4, 0.5) is 5.82 Å². The summed E-state index contributed by atoms with van der Waals surface area (Å²) in [6, 6.07) is 7.21. The number of anilines is 1. The van der Waals surface area contributed by atoms with Crippen molar-refractivity contribution in [1.29, 1.82) is 5.26 Å². The monoisotopic (exact) mass is 732 g/mol. The molecule has 0 aliphatic carbocycles. The quantitative estimate of drug-likeness (QED) is 0.295. The molecule has 1 fully saturated rings. The second-order valence-corrected chi connectivity index (χ2v) is 8.93. The summed E-state index contributed by atoms with van der Waals surface area (Å²) in [7, 11) is 1.53. The number of nitrogens with one attached hydrogen (secondary N) is 1. The SMILES string of the molecule is C[CH-]C1C[C@@H](Nc2nnc(-c3ccc(OC)cc3O)c(C)c2C#N)CN(CC(C)C(=O)OCC)C1.[Es]. The summed E-state index contributed by atoms with van der Waals surface area (Å²) in [6.45, 7) is 10.1. The molecule has 9 nitrogen and oxygen atoms in total. The third kappa shape index (κ3) is 6.19. The van der Waals surface area contributed by atoms with Crippen molar-refractivity contribution in [2.24, 2.45) is 11.8 Å². The van der Waals surface area contributed by atoms with Crippen LogP contribution in [0, 0.1) is 36.5 Å². The van der Waals surface area contributed by atoms with Crippen molar-refractivity contribution in [3.8, 4) is 28.8 Å². The van der Waals surface area contributed by atoms with Crippen LogP contribution in [0.15, 0.2) is 18.2 Å². The first-order valence-corrected chi connectivity index (χ1v) is 11.9. The molecule has 0 bridgehead atoms. The van der Waals surface area contributed by atoms with E-state index in [1.165, 1.54) is 13.2 Å². The molecule has 0 spiro atoms. The van der Waals surface area contributed by atoms with Gasteiger partial charge in [-0.05, 0) is 38.1 Å². The van der Waals surface area contributed by atoms with E-state index in [0.29, 0.717) is 59.6 Å². The maximum atomic E-state index is 12.1. The minimum absolute atomic E-state index is 0. The number of phenols is 1. The first-order chi connectivity index (χ1) is 16.8. The van der Waals surface area contributed by atoms with Gasteiger partial charge < -0.3 is 31.2 Å². The summed E-state index contributed by atoms with van der Waals surface area (Å²) in [5, 5.41) is 32.4. The predicted molar refractivity (Wildman–Crippen MR) is 133 cm³/mol. The zero-order valence-electron chi connectivity index (χ0n) is 21.3. The van der Waals surface area contributed by atoms with E-state index in [-0.39, 0.29) is 23.7 Å². The van der Waals surface area contributed by atoms with Crippen LogP contribution in [0.2, 0.25) is 0 Å². The third-order valence-corrected chi connectivity index (χ3v) is 6.38. The molecule has 2 unspecified atom stereocenters. The Labute approximate surface area is 207 Å². The first kappa shape index (κ1) is 27.9. The van der Waals surface area contributed by atoms with Crippen molar-refractivity contribution in [3.05, 3.63) is 35.7 Å². The summed E-state index contributed by atoms with van der Waals surface area (Å²) in [4.78, 5) is 14.4. The fourth-order valence-electron chi connectivity index (χ4n) is 4.52. The van der Waals surface area contributed by atoms with Crippen LogP contribution in [-0.2, 0) is 9.53 Å². The van der Waals surface area contributed by atoms with Gasteiger partial charge in [-0.25, -0.2) is 0 Å². The third-order valence-electron chi connectivity index (χ3n) is 6.38. The Bertz CT molecular complexity index is 1090. The number of ether oxygens (including phenoxy) is 2. The van der Waals surface area contributed by atoms with Gasteiger partial charge in [0.25, 0.3) is 0 Å². The molecule has 10 heteroatoms. The number of piperidine rings is 1. The molecule has 1 aliphatic heterocycles. The van der Waals surface area contributed by atoms with Gasteiger partial charge in [0.15, 0.2) is 5.82 Å². The van der Waals surface area contributed by atoms with E-state index >= 15 is 0 Å². The largest absolute Gasteiger partial charge is 0.507 e. The van der Waals surface area contributed by atoms with Gasteiger partial charge in [-0.15, -0.1) is 10.2 Å². The Morgan fingerprint density at radius 2 is 2.14 bits per heavy atom. The van der Waals surface area contributed by atoms with Crippen LogP contribution in [0.5, 0.6) is 11.5 Å². The number of hydrogen-bond donors (Lipinski definition) is 2. The summed E-state index contributed by atoms with van der Waals surface area (Å²) in [6.07, 6.45) is 3.06. The number of carbonyl (C=O) groups is 1. The van der Waals surface area contributed by atoms with Crippen molar-refractivity contribution >= 4 is 11.8 Å². The van der Waals surface area contributed by atoms with Gasteiger partial charge in [0.05, 0.1) is 19.6 Å². The van der Waals surface area contributed by atoms with Gasteiger partial charge in [0.2, 0.25) is 0 Å². The van der Waals surface area contributed by atoms with E-state index in [0.717, 1.165) is 13.0 Å². The number of rotatable bonds is 9. The number of likely N-dealkylation sites (tertiary alicyclic amines) is 1. The molecule has 1 aliphatic rings. The van der Waals surface area contributed by atoms with Gasteiger partial charge in [-0.2, -0.15) is 18.1 Å². The number of methoxy groups -OCH3 is 1. The summed E-state index contributed by atoms with van der Waals surface area (Å²) < 4.78 is 10.3. The molecule has 0 saturated carbocycles. The van der Waals surface area contributed by atoms with E-state index in [9.17, 15) is 15.2 Å². The Morgan fingerprint density at radius 3 is 2.75 bits per heavy atom. The number of nitriles is 1. The van der Waals surface area contributed by atoms with Gasteiger partial charge >= 0.3 is 5.97 Å². The Hall–Kier alpha value is -4.38. The predicted octanol–water partition coefficient (Wildman–Crippen LogP) is 3.56. The molecule has 3 atom stereocenters. The van der Waals surface area contributed by atoms with E-state index in [4.69, 9.17) is 9.47 Å². The molecular weight excluding hydrogens is 698 g/mol. The van der Waals surface area contributed by atoms with E-state index in [2.05, 4.69) is 32.9 Å². The number of nitrogens with zero attached hydrogens (tertiary/aromatic N) is 4. The van der Waals surface area contributed by atoms with Gasteiger partial charge in [-0.3, -0.25) is 4.79 Å². The fraction of sp³-hybridized carbons (Fsp3) is 0.500. The molecule has 2 heterocycles.